The molecular formula is C19H30N2. The molecule has 1 heterocycles. The number of hydrogen-bond acceptors (Lipinski definition) is 1. The second-order valence-corrected chi connectivity index (χ2v) is 7.53. The zero-order chi connectivity index (χ0) is 15.5. The maximum absolute atomic E-state index is 3.51. The first-order valence-corrected chi connectivity index (χ1v) is 8.17. The van der Waals surface area contributed by atoms with Gasteiger partial charge in [-0.3, -0.25) is 0 Å². The summed E-state index contributed by atoms with van der Waals surface area (Å²) in [5.41, 5.74) is 3.22. The molecule has 0 atom stereocenters. The molecule has 1 aromatic heterocycles. The highest BCUT2D eigenvalue weighted by atomic mass is 15.0. The molecule has 1 N–H and O–H groups in total. The molecule has 1 aromatic carbocycles. The number of nitrogens with one attached hydrogen (secondary N) is 1. The van der Waals surface area contributed by atoms with E-state index >= 15 is 0 Å². The molecule has 0 bridgehead atoms. The van der Waals surface area contributed by atoms with Gasteiger partial charge in [0.1, 0.15) is 0 Å². The first-order valence-electron chi connectivity index (χ1n) is 8.17. The summed E-state index contributed by atoms with van der Waals surface area (Å²) in [5.74, 6) is 0. The zero-order valence-corrected chi connectivity index (χ0v) is 14.2. The van der Waals surface area contributed by atoms with Crippen molar-refractivity contribution >= 4 is 10.9 Å². The minimum Gasteiger partial charge on any atom is -0.347 e. The lowest BCUT2D eigenvalue weighted by Gasteiger charge is -2.18. The number of hydrogen-bond donors (Lipinski definition) is 1. The number of fused-ring (bicyclic) bond motifs is 1. The highest BCUT2D eigenvalue weighted by Gasteiger charge is 2.13. The molecule has 0 aliphatic carbocycles. The standard InChI is InChI=1S/C19H30N2/c1-15(2)20-12-10-16-14-21(13-11-19(3,4)5)18-9-7-6-8-17(16)18/h6-9,14-15,20H,10-13H2,1-5H3. The van der Waals surface area contributed by atoms with Crippen LogP contribution in [0.1, 0.15) is 46.6 Å². The summed E-state index contributed by atoms with van der Waals surface area (Å²) in [6.45, 7) is 13.5. The molecule has 0 aliphatic heterocycles. The first-order chi connectivity index (χ1) is 9.87. The van der Waals surface area contributed by atoms with E-state index in [2.05, 4.69) is 75.0 Å². The van der Waals surface area contributed by atoms with Gasteiger partial charge in [-0.2, -0.15) is 0 Å². The predicted molar refractivity (Wildman–Crippen MR) is 92.9 cm³/mol. The third-order valence-corrected chi connectivity index (χ3v) is 3.92. The minimum atomic E-state index is 0.380. The maximum Gasteiger partial charge on any atom is 0.0483 e. The number of benzene rings is 1. The van der Waals surface area contributed by atoms with Gasteiger partial charge in [0.25, 0.3) is 0 Å². The van der Waals surface area contributed by atoms with Gasteiger partial charge in [-0.15, -0.1) is 0 Å². The molecule has 0 saturated heterocycles. The molecule has 21 heavy (non-hydrogen) atoms. The Kier molecular flexibility index (Phi) is 5.10. The Hall–Kier alpha value is -1.28. The van der Waals surface area contributed by atoms with Gasteiger partial charge in [0.2, 0.25) is 0 Å². The number of rotatable bonds is 6. The zero-order valence-electron chi connectivity index (χ0n) is 14.2. The highest BCUT2D eigenvalue weighted by Crippen LogP contribution is 2.25. The van der Waals surface area contributed by atoms with Crippen LogP contribution in [-0.4, -0.2) is 17.2 Å². The van der Waals surface area contributed by atoms with E-state index in [0.717, 1.165) is 19.5 Å². The molecule has 0 spiro atoms. The third-order valence-electron chi connectivity index (χ3n) is 3.92. The summed E-state index contributed by atoms with van der Waals surface area (Å²) in [6, 6.07) is 9.35. The van der Waals surface area contributed by atoms with Crippen LogP contribution in [0.2, 0.25) is 0 Å². The molecule has 0 unspecified atom stereocenters. The van der Waals surface area contributed by atoms with Crippen molar-refractivity contribution in [1.29, 1.82) is 0 Å². The molecule has 0 saturated carbocycles. The topological polar surface area (TPSA) is 17.0 Å². The molecule has 0 radical (unpaired) electrons. The maximum atomic E-state index is 3.51. The predicted octanol–water partition coefficient (Wildman–Crippen LogP) is 4.62. The van der Waals surface area contributed by atoms with Gasteiger partial charge in [0.15, 0.2) is 0 Å². The van der Waals surface area contributed by atoms with E-state index in [-0.39, 0.29) is 0 Å². The summed E-state index contributed by atoms with van der Waals surface area (Å²) >= 11 is 0. The molecule has 2 nitrogen and oxygen atoms in total. The van der Waals surface area contributed by atoms with Crippen molar-refractivity contribution in [3.63, 3.8) is 0 Å². The van der Waals surface area contributed by atoms with E-state index in [1.54, 1.807) is 0 Å². The molecule has 2 rings (SSSR count). The van der Waals surface area contributed by atoms with Gasteiger partial charge in [0.05, 0.1) is 0 Å². The third kappa shape index (κ3) is 4.60. The lowest BCUT2D eigenvalue weighted by Crippen LogP contribution is -2.24. The van der Waals surface area contributed by atoms with E-state index in [0.29, 0.717) is 11.5 Å². The Labute approximate surface area is 129 Å². The van der Waals surface area contributed by atoms with Crippen molar-refractivity contribution in [1.82, 2.24) is 9.88 Å². The fourth-order valence-electron chi connectivity index (χ4n) is 2.66. The fraction of sp³-hybridized carbons (Fsp3) is 0.579. The average Bonchev–Trinajstić information content (AvgIpc) is 2.74. The van der Waals surface area contributed by atoms with Gasteiger partial charge >= 0.3 is 0 Å². The smallest absolute Gasteiger partial charge is 0.0483 e. The summed E-state index contributed by atoms with van der Waals surface area (Å²) in [7, 11) is 0. The fourth-order valence-corrected chi connectivity index (χ4v) is 2.66. The van der Waals surface area contributed by atoms with Crippen LogP contribution in [0.4, 0.5) is 0 Å². The average molecular weight is 286 g/mol. The van der Waals surface area contributed by atoms with Crippen LogP contribution >= 0.6 is 0 Å². The highest BCUT2D eigenvalue weighted by molar-refractivity contribution is 5.84. The van der Waals surface area contributed by atoms with Crippen LogP contribution < -0.4 is 5.32 Å². The van der Waals surface area contributed by atoms with E-state index in [1.807, 2.05) is 0 Å². The molecule has 2 heteroatoms. The van der Waals surface area contributed by atoms with Crippen molar-refractivity contribution in [2.45, 2.75) is 60.0 Å². The number of para-hydroxylation sites is 1. The molecule has 2 aromatic rings. The van der Waals surface area contributed by atoms with Gasteiger partial charge in [-0.05, 0) is 36.4 Å². The SMILES string of the molecule is CC(C)NCCc1cn(CCC(C)(C)C)c2ccccc12. The van der Waals surface area contributed by atoms with Crippen LogP contribution in [-0.2, 0) is 13.0 Å². The summed E-state index contributed by atoms with van der Waals surface area (Å²) in [6.07, 6.45) is 4.66. The minimum absolute atomic E-state index is 0.380. The Morgan fingerprint density at radius 3 is 2.52 bits per heavy atom. The Morgan fingerprint density at radius 2 is 1.86 bits per heavy atom. The van der Waals surface area contributed by atoms with E-state index in [4.69, 9.17) is 0 Å². The summed E-state index contributed by atoms with van der Waals surface area (Å²) < 4.78 is 2.44. The summed E-state index contributed by atoms with van der Waals surface area (Å²) in [5, 5.41) is 4.93. The molecule has 116 valence electrons. The van der Waals surface area contributed by atoms with Crippen LogP contribution in [0.15, 0.2) is 30.5 Å². The van der Waals surface area contributed by atoms with Crippen LogP contribution in [0.3, 0.4) is 0 Å². The second kappa shape index (κ2) is 6.65. The van der Waals surface area contributed by atoms with Crippen molar-refractivity contribution in [3.05, 3.63) is 36.0 Å². The second-order valence-electron chi connectivity index (χ2n) is 7.53. The van der Waals surface area contributed by atoms with E-state index < -0.39 is 0 Å². The lowest BCUT2D eigenvalue weighted by atomic mass is 9.92. The Bertz CT molecular complexity index is 573. The molecule has 0 fully saturated rings. The molecule has 0 amide bonds. The van der Waals surface area contributed by atoms with Crippen LogP contribution in [0.25, 0.3) is 10.9 Å². The molecular weight excluding hydrogens is 256 g/mol. The lowest BCUT2D eigenvalue weighted by molar-refractivity contribution is 0.353. The Balaban J connectivity index is 2.18. The van der Waals surface area contributed by atoms with E-state index in [9.17, 15) is 0 Å². The quantitative estimate of drug-likeness (QED) is 0.820. The number of aromatic nitrogens is 1. The largest absolute Gasteiger partial charge is 0.347 e. The van der Waals surface area contributed by atoms with Crippen LogP contribution in [0, 0.1) is 5.41 Å². The number of nitrogens with zero attached hydrogens (tertiary/aromatic N) is 1. The summed E-state index contributed by atoms with van der Waals surface area (Å²) in [4.78, 5) is 0. The number of aryl methyl sites for hydroxylation is 1. The van der Waals surface area contributed by atoms with Gasteiger partial charge in [0, 0.05) is 29.7 Å². The van der Waals surface area contributed by atoms with Crippen molar-refractivity contribution < 1.29 is 0 Å². The van der Waals surface area contributed by atoms with E-state index in [1.165, 1.54) is 22.9 Å². The van der Waals surface area contributed by atoms with Crippen molar-refractivity contribution in [3.8, 4) is 0 Å². The normalized spacial score (nSPS) is 12.5. The monoisotopic (exact) mass is 286 g/mol. The van der Waals surface area contributed by atoms with Gasteiger partial charge in [-0.1, -0.05) is 52.8 Å². The first kappa shape index (κ1) is 16.1. The van der Waals surface area contributed by atoms with Gasteiger partial charge in [-0.25, -0.2) is 0 Å². The van der Waals surface area contributed by atoms with Gasteiger partial charge < -0.3 is 9.88 Å². The van der Waals surface area contributed by atoms with Crippen LogP contribution in [0.5, 0.6) is 0 Å². The Morgan fingerprint density at radius 1 is 1.14 bits per heavy atom. The molecule has 0 aliphatic rings. The van der Waals surface area contributed by atoms with Crippen molar-refractivity contribution in [2.24, 2.45) is 5.41 Å². The van der Waals surface area contributed by atoms with Crippen molar-refractivity contribution in [2.75, 3.05) is 6.54 Å².